The van der Waals surface area contributed by atoms with Crippen LogP contribution in [-0.2, 0) is 10.3 Å². The van der Waals surface area contributed by atoms with Crippen molar-refractivity contribution in [3.63, 3.8) is 0 Å². The first kappa shape index (κ1) is 11.8. The average molecular weight is 235 g/mol. The lowest BCUT2D eigenvalue weighted by Crippen LogP contribution is -2.37. The highest BCUT2D eigenvalue weighted by molar-refractivity contribution is 5.71. The summed E-state index contributed by atoms with van der Waals surface area (Å²) in [5.41, 5.74) is 0.576. The molecule has 1 atom stereocenters. The summed E-state index contributed by atoms with van der Waals surface area (Å²) < 4.78 is 10.5. The van der Waals surface area contributed by atoms with E-state index in [0.717, 1.165) is 11.3 Å². The molecule has 1 N–H and O–H groups in total. The number of alkyl carbamates (subject to hydrolysis) is 1. The van der Waals surface area contributed by atoms with E-state index in [1.165, 1.54) is 0 Å². The Bertz CT molecular complexity index is 413. The van der Waals surface area contributed by atoms with Gasteiger partial charge in [0.05, 0.1) is 11.6 Å². The second-order valence-electron chi connectivity index (χ2n) is 4.72. The molecular formula is C13H17NO3. The number of nitrogens with one attached hydrogen (secondary N) is 1. The highest BCUT2D eigenvalue weighted by Gasteiger charge is 2.36. The fourth-order valence-corrected chi connectivity index (χ4v) is 1.84. The van der Waals surface area contributed by atoms with Crippen LogP contribution in [0.4, 0.5) is 4.79 Å². The lowest BCUT2D eigenvalue weighted by atomic mass is 9.94. The van der Waals surface area contributed by atoms with Crippen LogP contribution in [0.2, 0.25) is 0 Å². The van der Waals surface area contributed by atoms with E-state index in [0.29, 0.717) is 6.61 Å². The smallest absolute Gasteiger partial charge is 0.408 e. The SMILES string of the molecule is CC(C)Oc1ccc(C2(C)COC(=O)N2)cc1. The number of ether oxygens (including phenoxy) is 2. The zero-order chi connectivity index (χ0) is 12.5. The molecule has 2 rings (SSSR count). The number of benzene rings is 1. The molecule has 1 aromatic rings. The van der Waals surface area contributed by atoms with Gasteiger partial charge < -0.3 is 14.8 Å². The Kier molecular flexibility index (Phi) is 2.96. The minimum atomic E-state index is -0.437. The molecule has 0 spiro atoms. The third-order valence-electron chi connectivity index (χ3n) is 2.73. The molecule has 0 saturated carbocycles. The zero-order valence-electron chi connectivity index (χ0n) is 10.3. The van der Waals surface area contributed by atoms with E-state index in [1.54, 1.807) is 0 Å². The number of rotatable bonds is 3. The van der Waals surface area contributed by atoms with Crippen molar-refractivity contribution in [1.82, 2.24) is 5.32 Å². The van der Waals surface area contributed by atoms with Crippen molar-refractivity contribution >= 4 is 6.09 Å². The van der Waals surface area contributed by atoms with E-state index in [9.17, 15) is 4.79 Å². The molecule has 1 amide bonds. The molecule has 4 heteroatoms. The molecule has 0 aliphatic carbocycles. The average Bonchev–Trinajstić information content (AvgIpc) is 2.60. The first-order valence-corrected chi connectivity index (χ1v) is 5.72. The maximum absolute atomic E-state index is 11.1. The minimum absolute atomic E-state index is 0.158. The van der Waals surface area contributed by atoms with E-state index < -0.39 is 5.54 Å². The van der Waals surface area contributed by atoms with Crippen LogP contribution in [0.5, 0.6) is 5.75 Å². The van der Waals surface area contributed by atoms with Crippen LogP contribution in [0.3, 0.4) is 0 Å². The van der Waals surface area contributed by atoms with Crippen molar-refractivity contribution in [3.05, 3.63) is 29.8 Å². The van der Waals surface area contributed by atoms with E-state index in [2.05, 4.69) is 5.32 Å². The van der Waals surface area contributed by atoms with Gasteiger partial charge >= 0.3 is 6.09 Å². The number of carbonyl (C=O) groups is 1. The van der Waals surface area contributed by atoms with Crippen molar-refractivity contribution in [2.45, 2.75) is 32.4 Å². The molecule has 1 aliphatic heterocycles. The van der Waals surface area contributed by atoms with Crippen molar-refractivity contribution in [2.75, 3.05) is 6.61 Å². The highest BCUT2D eigenvalue weighted by Crippen LogP contribution is 2.27. The van der Waals surface area contributed by atoms with Crippen molar-refractivity contribution < 1.29 is 14.3 Å². The van der Waals surface area contributed by atoms with Gasteiger partial charge in [0.2, 0.25) is 0 Å². The second-order valence-corrected chi connectivity index (χ2v) is 4.72. The number of amides is 1. The number of hydrogen-bond donors (Lipinski definition) is 1. The Morgan fingerprint density at radius 3 is 2.47 bits per heavy atom. The Hall–Kier alpha value is -1.71. The first-order chi connectivity index (χ1) is 7.99. The molecule has 1 heterocycles. The van der Waals surface area contributed by atoms with Gasteiger partial charge in [0.1, 0.15) is 12.4 Å². The summed E-state index contributed by atoms with van der Waals surface area (Å²) >= 11 is 0. The number of carbonyl (C=O) groups excluding carboxylic acids is 1. The van der Waals surface area contributed by atoms with Gasteiger partial charge in [0.15, 0.2) is 0 Å². The van der Waals surface area contributed by atoms with Gasteiger partial charge in [-0.1, -0.05) is 12.1 Å². The van der Waals surface area contributed by atoms with Crippen LogP contribution in [0.25, 0.3) is 0 Å². The summed E-state index contributed by atoms with van der Waals surface area (Å²) in [7, 11) is 0. The molecule has 1 fully saturated rings. The van der Waals surface area contributed by atoms with Crippen LogP contribution >= 0.6 is 0 Å². The molecule has 1 aromatic carbocycles. The third-order valence-corrected chi connectivity index (χ3v) is 2.73. The minimum Gasteiger partial charge on any atom is -0.491 e. The monoisotopic (exact) mass is 235 g/mol. The predicted molar refractivity (Wildman–Crippen MR) is 64.0 cm³/mol. The fraction of sp³-hybridized carbons (Fsp3) is 0.462. The van der Waals surface area contributed by atoms with Crippen molar-refractivity contribution in [1.29, 1.82) is 0 Å². The fourth-order valence-electron chi connectivity index (χ4n) is 1.84. The quantitative estimate of drug-likeness (QED) is 0.875. The summed E-state index contributed by atoms with van der Waals surface area (Å²) in [5.74, 6) is 0.831. The van der Waals surface area contributed by atoms with E-state index in [1.807, 2.05) is 45.0 Å². The van der Waals surface area contributed by atoms with Gasteiger partial charge in [-0.25, -0.2) is 4.79 Å². The van der Waals surface area contributed by atoms with Gasteiger partial charge in [0, 0.05) is 0 Å². The Balaban J connectivity index is 2.15. The molecule has 1 aliphatic rings. The van der Waals surface area contributed by atoms with Crippen LogP contribution in [0.15, 0.2) is 24.3 Å². The standard InChI is InChI=1S/C13H17NO3/c1-9(2)17-11-6-4-10(5-7-11)13(3)8-16-12(15)14-13/h4-7,9H,8H2,1-3H3,(H,14,15). The summed E-state index contributed by atoms with van der Waals surface area (Å²) in [6.07, 6.45) is -0.207. The largest absolute Gasteiger partial charge is 0.491 e. The summed E-state index contributed by atoms with van der Waals surface area (Å²) in [6, 6.07) is 7.72. The molecule has 0 radical (unpaired) electrons. The van der Waals surface area contributed by atoms with E-state index >= 15 is 0 Å². The zero-order valence-corrected chi connectivity index (χ0v) is 10.3. The Morgan fingerprint density at radius 1 is 1.35 bits per heavy atom. The molecule has 1 unspecified atom stereocenters. The van der Waals surface area contributed by atoms with Crippen molar-refractivity contribution in [2.24, 2.45) is 0 Å². The summed E-state index contributed by atoms with van der Waals surface area (Å²) in [6.45, 7) is 6.27. The molecule has 4 nitrogen and oxygen atoms in total. The molecule has 1 saturated heterocycles. The lowest BCUT2D eigenvalue weighted by Gasteiger charge is -2.21. The van der Waals surface area contributed by atoms with E-state index in [4.69, 9.17) is 9.47 Å². The maximum atomic E-state index is 11.1. The van der Waals surface area contributed by atoms with Gasteiger partial charge in [-0.2, -0.15) is 0 Å². The molecule has 0 bridgehead atoms. The van der Waals surface area contributed by atoms with Gasteiger partial charge in [0.25, 0.3) is 0 Å². The third kappa shape index (κ3) is 2.52. The number of cyclic esters (lactones) is 1. The van der Waals surface area contributed by atoms with Crippen LogP contribution in [0.1, 0.15) is 26.3 Å². The van der Waals surface area contributed by atoms with Gasteiger partial charge in [-0.05, 0) is 38.5 Å². The summed E-state index contributed by atoms with van der Waals surface area (Å²) in [4.78, 5) is 11.1. The number of hydrogen-bond acceptors (Lipinski definition) is 3. The Morgan fingerprint density at radius 2 is 2.00 bits per heavy atom. The van der Waals surface area contributed by atoms with Crippen molar-refractivity contribution in [3.8, 4) is 5.75 Å². The van der Waals surface area contributed by atoms with Crippen LogP contribution in [-0.4, -0.2) is 18.8 Å². The lowest BCUT2D eigenvalue weighted by molar-refractivity contribution is 0.173. The molecular weight excluding hydrogens is 218 g/mol. The molecule has 0 aromatic heterocycles. The van der Waals surface area contributed by atoms with Gasteiger partial charge in [-0.3, -0.25) is 0 Å². The topological polar surface area (TPSA) is 47.6 Å². The first-order valence-electron chi connectivity index (χ1n) is 5.72. The molecule has 92 valence electrons. The van der Waals surface area contributed by atoms with Crippen LogP contribution < -0.4 is 10.1 Å². The molecule has 17 heavy (non-hydrogen) atoms. The second kappa shape index (κ2) is 4.28. The van der Waals surface area contributed by atoms with E-state index in [-0.39, 0.29) is 12.2 Å². The van der Waals surface area contributed by atoms with Gasteiger partial charge in [-0.15, -0.1) is 0 Å². The van der Waals surface area contributed by atoms with Crippen LogP contribution in [0, 0.1) is 0 Å². The summed E-state index contributed by atoms with van der Waals surface area (Å²) in [5, 5.41) is 2.80. The normalized spacial score (nSPS) is 23.4. The Labute approximate surface area is 101 Å². The maximum Gasteiger partial charge on any atom is 0.408 e. The highest BCUT2D eigenvalue weighted by atomic mass is 16.6. The predicted octanol–water partition coefficient (Wildman–Crippen LogP) is 2.43.